The fourth-order valence-electron chi connectivity index (χ4n) is 3.70. The zero-order valence-corrected chi connectivity index (χ0v) is 18.3. The molecule has 0 aromatic heterocycles. The Morgan fingerprint density at radius 3 is 2.38 bits per heavy atom. The highest BCUT2D eigenvalue weighted by Crippen LogP contribution is 2.19. The van der Waals surface area contributed by atoms with Gasteiger partial charge < -0.3 is 15.4 Å². The molecule has 1 aliphatic rings. The van der Waals surface area contributed by atoms with Crippen molar-refractivity contribution < 1.29 is 9.53 Å². The number of unbranched alkanes of at least 4 members (excludes halogenated alkanes) is 7. The quantitative estimate of drug-likeness (QED) is 0.256. The number of anilines is 1. The maximum atomic E-state index is 12.0. The third-order valence-electron chi connectivity index (χ3n) is 5.50. The van der Waals surface area contributed by atoms with Crippen LogP contribution in [0.2, 0.25) is 0 Å². The van der Waals surface area contributed by atoms with Crippen LogP contribution in [0.25, 0.3) is 0 Å². The Labute approximate surface area is 177 Å². The zero-order valence-electron chi connectivity index (χ0n) is 18.3. The van der Waals surface area contributed by atoms with Crippen molar-refractivity contribution in [3.63, 3.8) is 0 Å². The van der Waals surface area contributed by atoms with Crippen LogP contribution < -0.4 is 15.4 Å². The minimum atomic E-state index is -0.144. The van der Waals surface area contributed by atoms with E-state index in [0.717, 1.165) is 30.9 Å². The first-order chi connectivity index (χ1) is 14.3. The summed E-state index contributed by atoms with van der Waals surface area (Å²) >= 11 is 0. The topological polar surface area (TPSA) is 50.4 Å². The number of ether oxygens (including phenoxy) is 1. The third-order valence-corrected chi connectivity index (χ3v) is 5.50. The lowest BCUT2D eigenvalue weighted by Gasteiger charge is -2.13. The zero-order chi connectivity index (χ0) is 20.6. The molecule has 2 amide bonds. The second-order valence-electron chi connectivity index (χ2n) is 8.09. The van der Waals surface area contributed by atoms with Gasteiger partial charge in [-0.2, -0.15) is 0 Å². The van der Waals surface area contributed by atoms with Gasteiger partial charge in [0.05, 0.1) is 6.61 Å². The predicted octanol–water partition coefficient (Wildman–Crippen LogP) is 7.22. The van der Waals surface area contributed by atoms with Crippen molar-refractivity contribution in [3.05, 3.63) is 35.9 Å². The molecule has 162 valence electrons. The van der Waals surface area contributed by atoms with Crippen LogP contribution in [-0.4, -0.2) is 19.2 Å². The van der Waals surface area contributed by atoms with Gasteiger partial charge in [0.1, 0.15) is 5.75 Å². The van der Waals surface area contributed by atoms with Crippen molar-refractivity contribution >= 4 is 11.7 Å². The van der Waals surface area contributed by atoms with Gasteiger partial charge in [-0.25, -0.2) is 4.79 Å². The van der Waals surface area contributed by atoms with Crippen LogP contribution in [0.15, 0.2) is 35.9 Å². The maximum absolute atomic E-state index is 12.0. The Bertz CT molecular complexity index is 595. The molecule has 0 fully saturated rings. The van der Waals surface area contributed by atoms with E-state index in [1.807, 2.05) is 24.3 Å². The molecule has 2 N–H and O–H groups in total. The van der Waals surface area contributed by atoms with Gasteiger partial charge in [-0.15, -0.1) is 0 Å². The number of rotatable bonds is 14. The fourth-order valence-corrected chi connectivity index (χ4v) is 3.70. The fraction of sp³-hybridized carbons (Fsp3) is 0.640. The van der Waals surface area contributed by atoms with E-state index in [1.165, 1.54) is 76.2 Å². The van der Waals surface area contributed by atoms with E-state index < -0.39 is 0 Å². The summed E-state index contributed by atoms with van der Waals surface area (Å²) in [6.45, 7) is 3.71. The summed E-state index contributed by atoms with van der Waals surface area (Å²) in [6.07, 6.45) is 18.7. The Balaban J connectivity index is 1.52. The molecule has 0 saturated carbocycles. The normalized spacial score (nSPS) is 13.6. The van der Waals surface area contributed by atoms with Crippen LogP contribution in [-0.2, 0) is 0 Å². The average molecular weight is 401 g/mol. The van der Waals surface area contributed by atoms with Gasteiger partial charge in [0.2, 0.25) is 0 Å². The molecular weight excluding hydrogens is 360 g/mol. The highest BCUT2D eigenvalue weighted by atomic mass is 16.5. The van der Waals surface area contributed by atoms with E-state index in [0.29, 0.717) is 6.54 Å². The Kier molecular flexibility index (Phi) is 12.0. The number of allylic oxidation sites excluding steroid dienone is 1. The number of amides is 2. The molecule has 0 saturated heterocycles. The van der Waals surface area contributed by atoms with Gasteiger partial charge in [0.25, 0.3) is 0 Å². The molecule has 29 heavy (non-hydrogen) atoms. The van der Waals surface area contributed by atoms with Crippen LogP contribution in [0.3, 0.4) is 0 Å². The number of carbonyl (C=O) groups excluding carboxylic acids is 1. The van der Waals surface area contributed by atoms with Gasteiger partial charge in [0, 0.05) is 12.2 Å². The summed E-state index contributed by atoms with van der Waals surface area (Å²) in [4.78, 5) is 12.0. The molecule has 4 nitrogen and oxygen atoms in total. The maximum Gasteiger partial charge on any atom is 0.319 e. The third kappa shape index (κ3) is 11.0. The summed E-state index contributed by atoms with van der Waals surface area (Å²) in [6, 6.07) is 7.49. The number of hydrogen-bond donors (Lipinski definition) is 2. The van der Waals surface area contributed by atoms with Gasteiger partial charge in [0.15, 0.2) is 0 Å². The summed E-state index contributed by atoms with van der Waals surface area (Å²) in [5.74, 6) is 0.864. The summed E-state index contributed by atoms with van der Waals surface area (Å²) < 4.78 is 5.81. The van der Waals surface area contributed by atoms with E-state index in [9.17, 15) is 4.79 Å². The number of hydrogen-bond acceptors (Lipinski definition) is 2. The van der Waals surface area contributed by atoms with Crippen LogP contribution in [0.5, 0.6) is 5.75 Å². The lowest BCUT2D eigenvalue weighted by Crippen LogP contribution is -2.29. The summed E-state index contributed by atoms with van der Waals surface area (Å²) in [5, 5.41) is 5.83. The minimum absolute atomic E-state index is 0.144. The van der Waals surface area contributed by atoms with Gasteiger partial charge in [-0.1, -0.05) is 63.5 Å². The van der Waals surface area contributed by atoms with E-state index >= 15 is 0 Å². The second kappa shape index (κ2) is 14.9. The molecule has 1 aliphatic carbocycles. The Morgan fingerprint density at radius 2 is 1.69 bits per heavy atom. The van der Waals surface area contributed by atoms with Crippen molar-refractivity contribution in [1.82, 2.24) is 5.32 Å². The largest absolute Gasteiger partial charge is 0.494 e. The van der Waals surface area contributed by atoms with E-state index in [4.69, 9.17) is 4.74 Å². The van der Waals surface area contributed by atoms with Crippen molar-refractivity contribution in [3.8, 4) is 5.75 Å². The number of carbonyl (C=O) groups is 1. The van der Waals surface area contributed by atoms with Crippen LogP contribution >= 0.6 is 0 Å². The highest BCUT2D eigenvalue weighted by Gasteiger charge is 2.05. The average Bonchev–Trinajstić information content (AvgIpc) is 2.74. The Hall–Kier alpha value is -1.97. The first-order valence-corrected chi connectivity index (χ1v) is 11.7. The van der Waals surface area contributed by atoms with E-state index in [2.05, 4.69) is 23.6 Å². The van der Waals surface area contributed by atoms with Crippen molar-refractivity contribution in [2.24, 2.45) is 0 Å². The SMILES string of the molecule is CCCCCCCCCCOc1ccc(NC(=O)NCCC2=CCCCC2)cc1. The highest BCUT2D eigenvalue weighted by molar-refractivity contribution is 5.89. The Morgan fingerprint density at radius 1 is 0.966 bits per heavy atom. The summed E-state index contributed by atoms with van der Waals surface area (Å²) in [7, 11) is 0. The number of urea groups is 1. The summed E-state index contributed by atoms with van der Waals surface area (Å²) in [5.41, 5.74) is 2.27. The molecule has 0 heterocycles. The molecule has 0 radical (unpaired) electrons. The molecule has 2 rings (SSSR count). The molecule has 0 bridgehead atoms. The van der Waals surface area contributed by atoms with Crippen molar-refractivity contribution in [2.75, 3.05) is 18.5 Å². The molecule has 0 unspecified atom stereocenters. The number of nitrogens with one attached hydrogen (secondary N) is 2. The first-order valence-electron chi connectivity index (χ1n) is 11.7. The lowest BCUT2D eigenvalue weighted by molar-refractivity contribution is 0.252. The molecule has 0 spiro atoms. The van der Waals surface area contributed by atoms with Crippen LogP contribution in [0.4, 0.5) is 10.5 Å². The lowest BCUT2D eigenvalue weighted by atomic mass is 9.97. The molecule has 4 heteroatoms. The monoisotopic (exact) mass is 400 g/mol. The van der Waals surface area contributed by atoms with Gasteiger partial charge in [-0.05, 0) is 62.8 Å². The second-order valence-corrected chi connectivity index (χ2v) is 8.09. The molecule has 0 atom stereocenters. The minimum Gasteiger partial charge on any atom is -0.494 e. The van der Waals surface area contributed by atoms with Gasteiger partial charge >= 0.3 is 6.03 Å². The predicted molar refractivity (Wildman–Crippen MR) is 123 cm³/mol. The standard InChI is InChI=1S/C25H40N2O2/c1-2-3-4-5-6-7-8-12-21-29-24-17-15-23(16-18-24)27-25(28)26-20-19-22-13-10-9-11-14-22/h13,15-18H,2-12,14,19-21H2,1H3,(H2,26,27,28). The van der Waals surface area contributed by atoms with E-state index in [1.54, 1.807) is 0 Å². The first kappa shape index (κ1) is 23.3. The van der Waals surface area contributed by atoms with E-state index in [-0.39, 0.29) is 6.03 Å². The van der Waals surface area contributed by atoms with Gasteiger partial charge in [-0.3, -0.25) is 0 Å². The molecule has 1 aromatic rings. The van der Waals surface area contributed by atoms with Crippen LogP contribution in [0.1, 0.15) is 90.4 Å². The van der Waals surface area contributed by atoms with Crippen LogP contribution in [0, 0.1) is 0 Å². The molecular formula is C25H40N2O2. The smallest absolute Gasteiger partial charge is 0.319 e. The number of benzene rings is 1. The van der Waals surface area contributed by atoms with Crippen molar-refractivity contribution in [1.29, 1.82) is 0 Å². The molecule has 0 aliphatic heterocycles. The van der Waals surface area contributed by atoms with Crippen molar-refractivity contribution in [2.45, 2.75) is 90.4 Å². The molecule has 1 aromatic carbocycles.